The topological polar surface area (TPSA) is 48.1 Å². The first-order chi connectivity index (χ1) is 7.79. The molecule has 1 unspecified atom stereocenters. The Morgan fingerprint density at radius 1 is 1.38 bits per heavy atom. The Morgan fingerprint density at radius 3 is 3.06 bits per heavy atom. The zero-order valence-electron chi connectivity index (χ0n) is 9.65. The van der Waals surface area contributed by atoms with Gasteiger partial charge in [0.2, 0.25) is 0 Å². The summed E-state index contributed by atoms with van der Waals surface area (Å²) in [6.45, 7) is 0. The van der Waals surface area contributed by atoms with E-state index in [9.17, 15) is 0 Å². The van der Waals surface area contributed by atoms with Crippen molar-refractivity contribution >= 4 is 5.57 Å². The largest absolute Gasteiger partial charge is 0.495 e. The average molecular weight is 218 g/mol. The number of allylic oxidation sites excluding steroid dienone is 1. The molecule has 0 bridgehead atoms. The molecule has 0 aliphatic heterocycles. The number of aromatic nitrogens is 1. The van der Waals surface area contributed by atoms with Crippen molar-refractivity contribution in [2.75, 3.05) is 7.11 Å². The predicted molar refractivity (Wildman–Crippen MR) is 65.2 cm³/mol. The van der Waals surface area contributed by atoms with Crippen LogP contribution < -0.4 is 10.5 Å². The van der Waals surface area contributed by atoms with Gasteiger partial charge in [-0.1, -0.05) is 12.5 Å². The number of methoxy groups -OCH3 is 1. The van der Waals surface area contributed by atoms with Crippen molar-refractivity contribution in [1.29, 1.82) is 0 Å². The lowest BCUT2D eigenvalue weighted by molar-refractivity contribution is 0.412. The van der Waals surface area contributed by atoms with Crippen LogP contribution in [0, 0.1) is 0 Å². The summed E-state index contributed by atoms with van der Waals surface area (Å²) in [6.07, 6.45) is 10.4. The van der Waals surface area contributed by atoms with Gasteiger partial charge >= 0.3 is 0 Å². The molecule has 1 aromatic heterocycles. The molecular weight excluding hydrogens is 200 g/mol. The summed E-state index contributed by atoms with van der Waals surface area (Å²) in [5, 5.41) is 0. The number of nitrogens with zero attached hydrogens (tertiary/aromatic N) is 1. The van der Waals surface area contributed by atoms with Crippen LogP contribution in [0.1, 0.15) is 31.2 Å². The summed E-state index contributed by atoms with van der Waals surface area (Å²) in [5.41, 5.74) is 8.44. The number of hydrogen-bond acceptors (Lipinski definition) is 3. The third-order valence-electron chi connectivity index (χ3n) is 2.97. The smallest absolute Gasteiger partial charge is 0.137 e. The molecule has 1 heterocycles. The molecule has 1 aliphatic carbocycles. The van der Waals surface area contributed by atoms with E-state index in [-0.39, 0.29) is 6.04 Å². The molecule has 0 fully saturated rings. The lowest BCUT2D eigenvalue weighted by atomic mass is 10.0. The van der Waals surface area contributed by atoms with E-state index in [4.69, 9.17) is 10.5 Å². The Kier molecular flexibility index (Phi) is 3.57. The fourth-order valence-corrected chi connectivity index (χ4v) is 2.07. The second-order valence-corrected chi connectivity index (χ2v) is 4.21. The first kappa shape index (κ1) is 11.1. The lowest BCUT2D eigenvalue weighted by Crippen LogP contribution is -2.15. The Labute approximate surface area is 96.3 Å². The van der Waals surface area contributed by atoms with Gasteiger partial charge < -0.3 is 10.5 Å². The van der Waals surface area contributed by atoms with E-state index in [2.05, 4.69) is 11.1 Å². The molecule has 1 aliphatic rings. The minimum absolute atomic E-state index is 0.184. The van der Waals surface area contributed by atoms with Gasteiger partial charge in [-0.05, 0) is 36.5 Å². The number of hydrogen-bond donors (Lipinski definition) is 1. The van der Waals surface area contributed by atoms with Gasteiger partial charge in [-0.25, -0.2) is 0 Å². The summed E-state index contributed by atoms with van der Waals surface area (Å²) in [4.78, 5) is 4.18. The second kappa shape index (κ2) is 5.12. The summed E-state index contributed by atoms with van der Waals surface area (Å²) in [5.74, 6) is 0.802. The number of pyridine rings is 1. The van der Waals surface area contributed by atoms with Crippen molar-refractivity contribution in [3.05, 3.63) is 30.1 Å². The van der Waals surface area contributed by atoms with Crippen LogP contribution in [0.2, 0.25) is 0 Å². The highest BCUT2D eigenvalue weighted by atomic mass is 16.5. The van der Waals surface area contributed by atoms with Crippen molar-refractivity contribution in [1.82, 2.24) is 4.98 Å². The van der Waals surface area contributed by atoms with Crippen molar-refractivity contribution in [2.45, 2.75) is 31.7 Å². The molecule has 2 N–H and O–H groups in total. The van der Waals surface area contributed by atoms with Gasteiger partial charge in [-0.2, -0.15) is 0 Å². The molecule has 1 aromatic rings. The van der Waals surface area contributed by atoms with Crippen LogP contribution in [-0.2, 0) is 0 Å². The highest BCUT2D eigenvalue weighted by Gasteiger charge is 2.10. The molecule has 0 radical (unpaired) electrons. The fraction of sp³-hybridized carbons (Fsp3) is 0.462. The van der Waals surface area contributed by atoms with Crippen LogP contribution in [0.4, 0.5) is 0 Å². The van der Waals surface area contributed by atoms with Crippen molar-refractivity contribution < 1.29 is 4.74 Å². The molecule has 2 rings (SSSR count). The molecule has 3 heteroatoms. The highest BCUT2D eigenvalue weighted by Crippen LogP contribution is 2.26. The van der Waals surface area contributed by atoms with Crippen molar-refractivity contribution in [3.8, 4) is 5.75 Å². The Hall–Kier alpha value is -1.35. The average Bonchev–Trinajstić information content (AvgIpc) is 2.54. The zero-order chi connectivity index (χ0) is 11.4. The summed E-state index contributed by atoms with van der Waals surface area (Å²) in [7, 11) is 1.66. The van der Waals surface area contributed by atoms with Crippen LogP contribution >= 0.6 is 0 Å². The van der Waals surface area contributed by atoms with E-state index in [0.29, 0.717) is 0 Å². The third-order valence-corrected chi connectivity index (χ3v) is 2.97. The lowest BCUT2D eigenvalue weighted by Gasteiger charge is -2.08. The summed E-state index contributed by atoms with van der Waals surface area (Å²) in [6, 6.07) is 2.21. The molecule has 3 nitrogen and oxygen atoms in total. The molecule has 0 spiro atoms. The van der Waals surface area contributed by atoms with Gasteiger partial charge in [0.05, 0.1) is 13.3 Å². The van der Waals surface area contributed by atoms with Gasteiger partial charge in [0.1, 0.15) is 5.75 Å². The first-order valence-corrected chi connectivity index (χ1v) is 5.75. The van der Waals surface area contributed by atoms with E-state index < -0.39 is 0 Å². The molecule has 0 saturated heterocycles. The Balaban J connectivity index is 2.27. The maximum Gasteiger partial charge on any atom is 0.137 e. The summed E-state index contributed by atoms with van der Waals surface area (Å²) < 4.78 is 5.18. The van der Waals surface area contributed by atoms with E-state index >= 15 is 0 Å². The van der Waals surface area contributed by atoms with Crippen LogP contribution in [-0.4, -0.2) is 18.1 Å². The standard InChI is InChI=1S/C13H18N2O/c1-16-13-7-11(8-15-9-13)10-4-2-3-5-12(14)6-10/h6-9,12H,2-5,14H2,1H3. The summed E-state index contributed by atoms with van der Waals surface area (Å²) >= 11 is 0. The highest BCUT2D eigenvalue weighted by molar-refractivity contribution is 5.66. The predicted octanol–water partition coefficient (Wildman–Crippen LogP) is 2.37. The van der Waals surface area contributed by atoms with E-state index in [1.54, 1.807) is 13.3 Å². The second-order valence-electron chi connectivity index (χ2n) is 4.21. The van der Waals surface area contributed by atoms with Crippen LogP contribution in [0.5, 0.6) is 5.75 Å². The maximum atomic E-state index is 6.00. The molecule has 0 aromatic carbocycles. The minimum Gasteiger partial charge on any atom is -0.495 e. The maximum absolute atomic E-state index is 6.00. The van der Waals surface area contributed by atoms with Gasteiger partial charge in [-0.3, -0.25) is 4.98 Å². The molecule has 0 amide bonds. The van der Waals surface area contributed by atoms with Crippen LogP contribution in [0.15, 0.2) is 24.5 Å². The third kappa shape index (κ3) is 2.61. The molecule has 86 valence electrons. The Bertz CT molecular complexity index is 387. The first-order valence-electron chi connectivity index (χ1n) is 5.75. The Morgan fingerprint density at radius 2 is 2.25 bits per heavy atom. The minimum atomic E-state index is 0.184. The van der Waals surface area contributed by atoms with Crippen LogP contribution in [0.3, 0.4) is 0 Å². The van der Waals surface area contributed by atoms with Crippen LogP contribution in [0.25, 0.3) is 5.57 Å². The van der Waals surface area contributed by atoms with Gasteiger partial charge in [0, 0.05) is 12.2 Å². The van der Waals surface area contributed by atoms with Gasteiger partial charge in [-0.15, -0.1) is 0 Å². The monoisotopic (exact) mass is 218 g/mol. The van der Waals surface area contributed by atoms with Gasteiger partial charge in [0.15, 0.2) is 0 Å². The molecule has 1 atom stereocenters. The zero-order valence-corrected chi connectivity index (χ0v) is 9.65. The number of rotatable bonds is 2. The SMILES string of the molecule is COc1cncc(C2=CC(N)CCCC2)c1. The van der Waals surface area contributed by atoms with Crippen molar-refractivity contribution in [3.63, 3.8) is 0 Å². The fourth-order valence-electron chi connectivity index (χ4n) is 2.07. The number of ether oxygens (including phenoxy) is 1. The molecule has 0 saturated carbocycles. The van der Waals surface area contributed by atoms with E-state index in [0.717, 1.165) is 24.2 Å². The number of nitrogens with two attached hydrogens (primary N) is 1. The molecular formula is C13H18N2O. The van der Waals surface area contributed by atoms with E-state index in [1.807, 2.05) is 12.3 Å². The normalized spacial score (nSPS) is 21.1. The van der Waals surface area contributed by atoms with Gasteiger partial charge in [0.25, 0.3) is 0 Å². The van der Waals surface area contributed by atoms with Crippen molar-refractivity contribution in [2.24, 2.45) is 5.73 Å². The van der Waals surface area contributed by atoms with E-state index in [1.165, 1.54) is 18.4 Å². The molecule has 16 heavy (non-hydrogen) atoms. The quantitative estimate of drug-likeness (QED) is 0.829.